The van der Waals surface area contributed by atoms with Gasteiger partial charge in [-0.2, -0.15) is 15.1 Å². The Morgan fingerprint density at radius 3 is 2.52 bits per heavy atom. The summed E-state index contributed by atoms with van der Waals surface area (Å²) >= 11 is 7.58. The highest BCUT2D eigenvalue weighted by Gasteiger charge is 2.36. The molecule has 0 fully saturated rings. The number of aliphatic imine (C=N–C) groups is 1. The van der Waals surface area contributed by atoms with Crippen LogP contribution in [-0.2, 0) is 11.3 Å². The van der Waals surface area contributed by atoms with Gasteiger partial charge in [-0.3, -0.25) is 10.2 Å². The van der Waals surface area contributed by atoms with Crippen molar-refractivity contribution in [2.75, 3.05) is 13.7 Å². The molecule has 3 heterocycles. The van der Waals surface area contributed by atoms with Crippen LogP contribution in [0.4, 0.5) is 0 Å². The molecule has 0 saturated heterocycles. The molecule has 200 valence electrons. The molecule has 0 saturated carbocycles. The van der Waals surface area contributed by atoms with Crippen LogP contribution in [0.5, 0.6) is 11.5 Å². The van der Waals surface area contributed by atoms with Crippen LogP contribution in [0.15, 0.2) is 88.5 Å². The Balaban J connectivity index is 1.30. The second-order valence-electron chi connectivity index (χ2n) is 9.10. The molecule has 6 rings (SSSR count). The summed E-state index contributed by atoms with van der Waals surface area (Å²) in [6.45, 7) is 3.06. The van der Waals surface area contributed by atoms with Gasteiger partial charge in [0.1, 0.15) is 23.1 Å². The predicted molar refractivity (Wildman–Crippen MR) is 161 cm³/mol. The number of carbonyl (C=O) groups excluding carboxylic acids is 1. The number of carbonyl (C=O) groups is 1. The van der Waals surface area contributed by atoms with Crippen LogP contribution < -0.4 is 9.47 Å². The molecule has 1 aromatic heterocycles. The van der Waals surface area contributed by atoms with Crippen LogP contribution in [0.25, 0.3) is 17.0 Å². The Labute approximate surface area is 240 Å². The van der Waals surface area contributed by atoms with E-state index in [1.165, 1.54) is 16.8 Å². The number of hydrogen-bond donors (Lipinski definition) is 1. The van der Waals surface area contributed by atoms with Gasteiger partial charge in [0.05, 0.1) is 24.3 Å². The van der Waals surface area contributed by atoms with E-state index in [0.717, 1.165) is 39.2 Å². The summed E-state index contributed by atoms with van der Waals surface area (Å²) in [7, 11) is 1.63. The van der Waals surface area contributed by atoms with Crippen molar-refractivity contribution in [3.8, 4) is 11.5 Å². The Morgan fingerprint density at radius 1 is 1.02 bits per heavy atom. The van der Waals surface area contributed by atoms with E-state index in [-0.39, 0.29) is 11.4 Å². The summed E-state index contributed by atoms with van der Waals surface area (Å²) in [4.78, 5) is 17.4. The Hall–Kier alpha value is -4.34. The van der Waals surface area contributed by atoms with Crippen molar-refractivity contribution in [3.63, 3.8) is 0 Å². The lowest BCUT2D eigenvalue weighted by Gasteiger charge is -2.20. The Kier molecular flexibility index (Phi) is 6.91. The molecular weight excluding hydrogens is 546 g/mol. The van der Waals surface area contributed by atoms with E-state index in [0.29, 0.717) is 28.4 Å². The topological polar surface area (TPSA) is 92.3 Å². The van der Waals surface area contributed by atoms with Gasteiger partial charge in [-0.05, 0) is 61.2 Å². The number of methoxy groups -OCH3 is 1. The fraction of sp³-hybridized carbons (Fsp3) is 0.133. The standard InChI is InChI=1S/C30H24ClN5O3S/c1-18-23(21-7-4-6-10-26(21)35(18)15-16-39-20-13-11-19(38-2)12-14-20)17-24-27(32)36-30(33-28(24)37)40-29(34-36)22-8-3-5-9-25(22)31/h3-14,17,32H,15-16H2,1-2H3/b24-17+,32-27?. The molecule has 8 nitrogen and oxygen atoms in total. The van der Waals surface area contributed by atoms with Crippen LogP contribution in [0.2, 0.25) is 5.02 Å². The second-order valence-corrected chi connectivity index (χ2v) is 10.5. The fourth-order valence-electron chi connectivity index (χ4n) is 4.73. The summed E-state index contributed by atoms with van der Waals surface area (Å²) < 4.78 is 13.4. The lowest BCUT2D eigenvalue weighted by Crippen LogP contribution is -2.35. The van der Waals surface area contributed by atoms with Gasteiger partial charge < -0.3 is 14.0 Å². The number of hydrazone groups is 1. The zero-order valence-electron chi connectivity index (χ0n) is 21.7. The van der Waals surface area contributed by atoms with E-state index in [4.69, 9.17) is 26.5 Å². The summed E-state index contributed by atoms with van der Waals surface area (Å²) in [6, 6.07) is 22.8. The van der Waals surface area contributed by atoms with Crippen LogP contribution in [0.3, 0.4) is 0 Å². The lowest BCUT2D eigenvalue weighted by atomic mass is 10.1. The number of ether oxygens (including phenoxy) is 2. The molecular formula is C30H24ClN5O3S. The van der Waals surface area contributed by atoms with Gasteiger partial charge in [0.15, 0.2) is 5.84 Å². The van der Waals surface area contributed by atoms with Crippen LogP contribution in [0, 0.1) is 12.3 Å². The number of aromatic nitrogens is 1. The largest absolute Gasteiger partial charge is 0.497 e. The number of hydrogen-bond acceptors (Lipinski definition) is 6. The van der Waals surface area contributed by atoms with E-state index >= 15 is 0 Å². The van der Waals surface area contributed by atoms with Gasteiger partial charge in [0.25, 0.3) is 5.91 Å². The summed E-state index contributed by atoms with van der Waals surface area (Å²) in [5.41, 5.74) is 3.73. The van der Waals surface area contributed by atoms with Gasteiger partial charge in [0, 0.05) is 27.7 Å². The Morgan fingerprint density at radius 2 is 1.75 bits per heavy atom. The first-order chi connectivity index (χ1) is 19.4. The number of nitrogens with zero attached hydrogens (tertiary/aromatic N) is 4. The number of benzene rings is 3. The number of amidine groups is 2. The molecule has 3 aromatic carbocycles. The minimum Gasteiger partial charge on any atom is -0.497 e. The zero-order chi connectivity index (χ0) is 27.8. The number of thioether (sulfide) groups is 1. The van der Waals surface area contributed by atoms with Crippen molar-refractivity contribution in [2.24, 2.45) is 10.1 Å². The number of nitrogens with one attached hydrogen (secondary N) is 1. The summed E-state index contributed by atoms with van der Waals surface area (Å²) in [5.74, 6) is 1.03. The molecule has 40 heavy (non-hydrogen) atoms. The highest BCUT2D eigenvalue weighted by molar-refractivity contribution is 8.27. The normalized spacial score (nSPS) is 15.9. The van der Waals surface area contributed by atoms with Crippen LogP contribution in [0.1, 0.15) is 16.8 Å². The highest BCUT2D eigenvalue weighted by Crippen LogP contribution is 2.34. The third kappa shape index (κ3) is 4.67. The molecule has 1 N–H and O–H groups in total. The van der Waals surface area contributed by atoms with Gasteiger partial charge in [-0.25, -0.2) is 0 Å². The maximum atomic E-state index is 13.1. The maximum absolute atomic E-state index is 13.1. The van der Waals surface area contributed by atoms with E-state index in [1.54, 1.807) is 19.3 Å². The average Bonchev–Trinajstić information content (AvgIpc) is 3.50. The van der Waals surface area contributed by atoms with E-state index in [9.17, 15) is 4.79 Å². The van der Waals surface area contributed by atoms with Gasteiger partial charge in [0.2, 0.25) is 5.17 Å². The lowest BCUT2D eigenvalue weighted by molar-refractivity contribution is -0.114. The van der Waals surface area contributed by atoms with Crippen molar-refractivity contribution < 1.29 is 14.3 Å². The predicted octanol–water partition coefficient (Wildman–Crippen LogP) is 6.36. The minimum absolute atomic E-state index is 0.0244. The number of para-hydroxylation sites is 1. The first kappa shape index (κ1) is 25.9. The van der Waals surface area contributed by atoms with Gasteiger partial charge in [-0.1, -0.05) is 48.0 Å². The third-order valence-electron chi connectivity index (χ3n) is 6.77. The first-order valence-corrected chi connectivity index (χ1v) is 13.7. The van der Waals surface area contributed by atoms with Crippen molar-refractivity contribution in [1.82, 2.24) is 9.58 Å². The number of rotatable bonds is 7. The molecule has 0 spiro atoms. The summed E-state index contributed by atoms with van der Waals surface area (Å²) in [6.07, 6.45) is 1.75. The molecule has 2 aliphatic rings. The number of fused-ring (bicyclic) bond motifs is 2. The smallest absolute Gasteiger partial charge is 0.283 e. The van der Waals surface area contributed by atoms with Gasteiger partial charge in [-0.15, -0.1) is 0 Å². The summed E-state index contributed by atoms with van der Waals surface area (Å²) in [5, 5.41) is 17.3. The minimum atomic E-state index is -0.474. The maximum Gasteiger partial charge on any atom is 0.283 e. The fourth-order valence-corrected chi connectivity index (χ4v) is 5.95. The SMILES string of the molecule is COc1ccc(OCCn2c(C)c(/C=C3\C(=N)N4N=C(c5ccccc5Cl)SC4=NC3=O)c3ccccc32)cc1. The Bertz CT molecular complexity index is 1760. The number of halogens is 1. The zero-order valence-corrected chi connectivity index (χ0v) is 23.3. The van der Waals surface area contributed by atoms with Crippen LogP contribution >= 0.6 is 23.4 Å². The molecule has 1 amide bonds. The molecule has 0 unspecified atom stereocenters. The van der Waals surface area contributed by atoms with Crippen LogP contribution in [-0.4, -0.2) is 45.2 Å². The molecule has 4 aromatic rings. The quantitative estimate of drug-likeness (QED) is 0.262. The molecule has 0 atom stereocenters. The van der Waals surface area contributed by atoms with Crippen molar-refractivity contribution in [1.29, 1.82) is 5.41 Å². The molecule has 0 radical (unpaired) electrons. The van der Waals surface area contributed by atoms with Crippen molar-refractivity contribution in [3.05, 3.63) is 100 Å². The van der Waals surface area contributed by atoms with Crippen molar-refractivity contribution in [2.45, 2.75) is 13.5 Å². The van der Waals surface area contributed by atoms with Gasteiger partial charge >= 0.3 is 0 Å². The molecule has 0 aliphatic carbocycles. The molecule has 10 heteroatoms. The number of amides is 1. The first-order valence-electron chi connectivity index (χ1n) is 12.5. The highest BCUT2D eigenvalue weighted by atomic mass is 35.5. The monoisotopic (exact) mass is 569 g/mol. The van der Waals surface area contributed by atoms with E-state index in [2.05, 4.69) is 14.7 Å². The molecule has 2 aliphatic heterocycles. The average molecular weight is 570 g/mol. The molecule has 0 bridgehead atoms. The van der Waals surface area contributed by atoms with Crippen molar-refractivity contribution >= 4 is 62.3 Å². The third-order valence-corrected chi connectivity index (χ3v) is 8.04. The van der Waals surface area contributed by atoms with E-state index in [1.807, 2.05) is 73.7 Å². The second kappa shape index (κ2) is 10.7. The van der Waals surface area contributed by atoms with E-state index < -0.39 is 5.91 Å².